The summed E-state index contributed by atoms with van der Waals surface area (Å²) in [5, 5.41) is 4.19. The molecule has 3 heteroatoms. The first-order valence-corrected chi connectivity index (χ1v) is 6.45. The second-order valence-electron chi connectivity index (χ2n) is 4.81. The summed E-state index contributed by atoms with van der Waals surface area (Å²) in [6, 6.07) is 4.64. The van der Waals surface area contributed by atoms with E-state index in [1.54, 1.807) is 0 Å². The fourth-order valence-electron chi connectivity index (χ4n) is 2.37. The molecule has 0 aliphatic heterocycles. The van der Waals surface area contributed by atoms with E-state index in [1.165, 1.54) is 24.8 Å². The normalized spacial score (nSPS) is 24.9. The first-order valence-electron chi connectivity index (χ1n) is 6.08. The SMILES string of the molecule is CC1CCC(NCCc2ccc(Cl)nc2)C1. The van der Waals surface area contributed by atoms with Gasteiger partial charge in [0.25, 0.3) is 0 Å². The van der Waals surface area contributed by atoms with E-state index >= 15 is 0 Å². The number of nitrogens with zero attached hydrogens (tertiary/aromatic N) is 1. The number of hydrogen-bond acceptors (Lipinski definition) is 2. The van der Waals surface area contributed by atoms with Gasteiger partial charge < -0.3 is 5.32 Å². The van der Waals surface area contributed by atoms with Crippen LogP contribution in [0.1, 0.15) is 31.7 Å². The third kappa shape index (κ3) is 3.46. The highest BCUT2D eigenvalue weighted by Gasteiger charge is 2.19. The first kappa shape index (κ1) is 11.9. The lowest BCUT2D eigenvalue weighted by Gasteiger charge is -2.11. The Labute approximate surface area is 102 Å². The number of hydrogen-bond donors (Lipinski definition) is 1. The Kier molecular flexibility index (Phi) is 4.19. The molecular formula is C13H19ClN2. The highest BCUT2D eigenvalue weighted by molar-refractivity contribution is 6.29. The van der Waals surface area contributed by atoms with Crippen LogP contribution in [0.15, 0.2) is 18.3 Å². The van der Waals surface area contributed by atoms with Gasteiger partial charge in [-0.15, -0.1) is 0 Å². The van der Waals surface area contributed by atoms with Crippen LogP contribution >= 0.6 is 11.6 Å². The highest BCUT2D eigenvalue weighted by Crippen LogP contribution is 2.24. The van der Waals surface area contributed by atoms with Gasteiger partial charge in [-0.25, -0.2) is 4.98 Å². The van der Waals surface area contributed by atoms with Gasteiger partial charge in [-0.1, -0.05) is 24.6 Å². The molecule has 1 aromatic rings. The molecule has 1 aliphatic rings. The summed E-state index contributed by atoms with van der Waals surface area (Å²) < 4.78 is 0. The quantitative estimate of drug-likeness (QED) is 0.816. The van der Waals surface area contributed by atoms with Crippen LogP contribution in [0.25, 0.3) is 0 Å². The molecule has 0 saturated heterocycles. The van der Waals surface area contributed by atoms with E-state index in [0.29, 0.717) is 5.15 Å². The Morgan fingerprint density at radius 3 is 2.94 bits per heavy atom. The minimum absolute atomic E-state index is 0.571. The van der Waals surface area contributed by atoms with Crippen LogP contribution in [0.5, 0.6) is 0 Å². The molecule has 1 aliphatic carbocycles. The molecule has 16 heavy (non-hydrogen) atoms. The average Bonchev–Trinajstić information content (AvgIpc) is 2.67. The molecule has 1 fully saturated rings. The first-order chi connectivity index (χ1) is 7.74. The molecule has 88 valence electrons. The Morgan fingerprint density at radius 1 is 1.44 bits per heavy atom. The van der Waals surface area contributed by atoms with Crippen molar-refractivity contribution in [2.75, 3.05) is 6.54 Å². The van der Waals surface area contributed by atoms with Gasteiger partial charge >= 0.3 is 0 Å². The topological polar surface area (TPSA) is 24.9 Å². The van der Waals surface area contributed by atoms with Crippen molar-refractivity contribution in [2.24, 2.45) is 5.92 Å². The minimum Gasteiger partial charge on any atom is -0.314 e. The zero-order valence-corrected chi connectivity index (χ0v) is 10.5. The van der Waals surface area contributed by atoms with Gasteiger partial charge in [0.05, 0.1) is 0 Å². The number of nitrogens with one attached hydrogen (secondary N) is 1. The molecule has 0 bridgehead atoms. The molecule has 1 N–H and O–H groups in total. The number of pyridine rings is 1. The number of aromatic nitrogens is 1. The summed E-state index contributed by atoms with van der Waals surface area (Å²) >= 11 is 5.74. The lowest BCUT2D eigenvalue weighted by atomic mass is 10.1. The van der Waals surface area contributed by atoms with Crippen LogP contribution < -0.4 is 5.32 Å². The summed E-state index contributed by atoms with van der Waals surface area (Å²) in [4.78, 5) is 4.08. The second kappa shape index (κ2) is 5.65. The van der Waals surface area contributed by atoms with Crippen molar-refractivity contribution >= 4 is 11.6 Å². The summed E-state index contributed by atoms with van der Waals surface area (Å²) in [5.41, 5.74) is 1.25. The molecule has 0 radical (unpaired) electrons. The summed E-state index contributed by atoms with van der Waals surface area (Å²) in [6.07, 6.45) is 6.94. The van der Waals surface area contributed by atoms with Crippen molar-refractivity contribution < 1.29 is 0 Å². The number of halogens is 1. The van der Waals surface area contributed by atoms with E-state index in [9.17, 15) is 0 Å². The predicted octanol–water partition coefficient (Wildman–Crippen LogP) is 3.06. The van der Waals surface area contributed by atoms with E-state index in [4.69, 9.17) is 11.6 Å². The van der Waals surface area contributed by atoms with E-state index in [0.717, 1.165) is 24.9 Å². The summed E-state index contributed by atoms with van der Waals surface area (Å²) in [5.74, 6) is 0.898. The van der Waals surface area contributed by atoms with Gasteiger partial charge in [0.2, 0.25) is 0 Å². The van der Waals surface area contributed by atoms with Crippen molar-refractivity contribution in [3.63, 3.8) is 0 Å². The Balaban J connectivity index is 1.70. The van der Waals surface area contributed by atoms with Crippen molar-refractivity contribution in [1.82, 2.24) is 10.3 Å². The largest absolute Gasteiger partial charge is 0.314 e. The standard InChI is InChI=1S/C13H19ClN2/c1-10-2-4-12(8-10)15-7-6-11-3-5-13(14)16-9-11/h3,5,9-10,12,15H,2,4,6-8H2,1H3. The van der Waals surface area contributed by atoms with Gasteiger partial charge in [-0.05, 0) is 49.8 Å². The van der Waals surface area contributed by atoms with Crippen LogP contribution in [-0.2, 0) is 6.42 Å². The zero-order chi connectivity index (χ0) is 11.4. The second-order valence-corrected chi connectivity index (χ2v) is 5.20. The molecule has 1 heterocycles. The molecular weight excluding hydrogens is 220 g/mol. The van der Waals surface area contributed by atoms with Crippen LogP contribution in [-0.4, -0.2) is 17.6 Å². The van der Waals surface area contributed by atoms with Crippen molar-refractivity contribution in [3.05, 3.63) is 29.0 Å². The van der Waals surface area contributed by atoms with Crippen molar-refractivity contribution in [3.8, 4) is 0 Å². The summed E-state index contributed by atoms with van der Waals surface area (Å²) in [6.45, 7) is 3.38. The molecule has 0 spiro atoms. The maximum atomic E-state index is 5.74. The van der Waals surface area contributed by atoms with Crippen LogP contribution in [0.2, 0.25) is 5.15 Å². The third-order valence-electron chi connectivity index (χ3n) is 3.33. The fraction of sp³-hybridized carbons (Fsp3) is 0.615. The third-order valence-corrected chi connectivity index (χ3v) is 3.55. The monoisotopic (exact) mass is 238 g/mol. The molecule has 2 unspecified atom stereocenters. The lowest BCUT2D eigenvalue weighted by molar-refractivity contribution is 0.505. The molecule has 2 rings (SSSR count). The lowest BCUT2D eigenvalue weighted by Crippen LogP contribution is -2.28. The van der Waals surface area contributed by atoms with E-state index < -0.39 is 0 Å². The Morgan fingerprint density at radius 2 is 2.31 bits per heavy atom. The van der Waals surface area contributed by atoms with E-state index in [-0.39, 0.29) is 0 Å². The number of rotatable bonds is 4. The van der Waals surface area contributed by atoms with Gasteiger partial charge in [-0.2, -0.15) is 0 Å². The Bertz CT molecular complexity index is 323. The Hall–Kier alpha value is -0.600. The smallest absolute Gasteiger partial charge is 0.129 e. The molecule has 1 saturated carbocycles. The van der Waals surface area contributed by atoms with Gasteiger partial charge in [0.1, 0.15) is 5.15 Å². The maximum Gasteiger partial charge on any atom is 0.129 e. The molecule has 0 aromatic carbocycles. The van der Waals surface area contributed by atoms with E-state index in [1.807, 2.05) is 18.3 Å². The van der Waals surface area contributed by atoms with E-state index in [2.05, 4.69) is 17.2 Å². The maximum absolute atomic E-state index is 5.74. The molecule has 2 nitrogen and oxygen atoms in total. The van der Waals surface area contributed by atoms with Gasteiger partial charge in [0, 0.05) is 12.2 Å². The molecule has 2 atom stereocenters. The van der Waals surface area contributed by atoms with Crippen LogP contribution in [0, 0.1) is 5.92 Å². The molecule has 1 aromatic heterocycles. The van der Waals surface area contributed by atoms with Crippen molar-refractivity contribution in [2.45, 2.75) is 38.6 Å². The van der Waals surface area contributed by atoms with Crippen LogP contribution in [0.4, 0.5) is 0 Å². The summed E-state index contributed by atoms with van der Waals surface area (Å²) in [7, 11) is 0. The zero-order valence-electron chi connectivity index (χ0n) is 9.75. The average molecular weight is 239 g/mol. The van der Waals surface area contributed by atoms with Gasteiger partial charge in [0.15, 0.2) is 0 Å². The van der Waals surface area contributed by atoms with Gasteiger partial charge in [-0.3, -0.25) is 0 Å². The fourth-order valence-corrected chi connectivity index (χ4v) is 2.48. The minimum atomic E-state index is 0.571. The van der Waals surface area contributed by atoms with Crippen LogP contribution in [0.3, 0.4) is 0 Å². The predicted molar refractivity (Wildman–Crippen MR) is 67.8 cm³/mol. The molecule has 0 amide bonds. The highest BCUT2D eigenvalue weighted by atomic mass is 35.5. The van der Waals surface area contributed by atoms with Crippen molar-refractivity contribution in [1.29, 1.82) is 0 Å².